The molecule has 0 aromatic heterocycles. The van der Waals surface area contributed by atoms with Crippen LogP contribution in [-0.4, -0.2) is 18.7 Å². The average Bonchev–Trinajstić information content (AvgIpc) is 2.30. The zero-order valence-electron chi connectivity index (χ0n) is 9.63. The Hall–Kier alpha value is -1.64. The molecule has 15 heavy (non-hydrogen) atoms. The molecule has 1 N–H and O–H groups in total. The van der Waals surface area contributed by atoms with Crippen molar-refractivity contribution >= 4 is 11.7 Å². The molecule has 0 spiro atoms. The zero-order valence-corrected chi connectivity index (χ0v) is 9.63. The smallest absolute Gasteiger partial charge is 0.251 e. The summed E-state index contributed by atoms with van der Waals surface area (Å²) in [4.78, 5) is 22.4. The first kappa shape index (κ1) is 13.4. The van der Waals surface area contributed by atoms with Crippen LogP contribution in [-0.2, 0) is 0 Å². The molecule has 1 aromatic rings. The summed E-state index contributed by atoms with van der Waals surface area (Å²) in [5.41, 5.74) is 0.888. The van der Waals surface area contributed by atoms with Crippen LogP contribution in [0.25, 0.3) is 0 Å². The van der Waals surface area contributed by atoms with Crippen LogP contribution in [0.15, 0.2) is 24.3 Å². The van der Waals surface area contributed by atoms with Crippen LogP contribution in [0.5, 0.6) is 0 Å². The van der Waals surface area contributed by atoms with E-state index in [0.717, 1.165) is 0 Å². The third-order valence-electron chi connectivity index (χ3n) is 1.78. The summed E-state index contributed by atoms with van der Waals surface area (Å²) < 4.78 is 0. The molecule has 0 aliphatic carbocycles. The van der Waals surface area contributed by atoms with Crippen LogP contribution in [0.1, 0.15) is 41.5 Å². The maximum Gasteiger partial charge on any atom is 0.251 e. The number of amides is 1. The van der Waals surface area contributed by atoms with Crippen molar-refractivity contribution < 1.29 is 9.59 Å². The molecule has 1 rings (SSSR count). The van der Waals surface area contributed by atoms with E-state index in [1.165, 1.54) is 6.92 Å². The summed E-state index contributed by atoms with van der Waals surface area (Å²) >= 11 is 0. The Bertz CT molecular complexity index is 345. The molecule has 0 aliphatic heterocycles. The Morgan fingerprint density at radius 2 is 1.53 bits per heavy atom. The molecule has 0 heterocycles. The minimum absolute atomic E-state index is 0.0980. The molecule has 0 bridgehead atoms. The van der Waals surface area contributed by atoms with E-state index < -0.39 is 0 Å². The lowest BCUT2D eigenvalue weighted by atomic mass is 10.0. The number of rotatable bonds is 2. The van der Waals surface area contributed by atoms with Crippen LogP contribution in [0.2, 0.25) is 0 Å². The molecule has 82 valence electrons. The minimum Gasteiger partial charge on any atom is -0.355 e. The van der Waals surface area contributed by atoms with Crippen molar-refractivity contribution in [2.45, 2.75) is 20.8 Å². The van der Waals surface area contributed by atoms with Gasteiger partial charge in [0.05, 0.1) is 5.56 Å². The molecular formula is C12H17NO2. The monoisotopic (exact) mass is 207 g/mol. The molecule has 3 heteroatoms. The Morgan fingerprint density at radius 3 is 1.93 bits per heavy atom. The molecule has 3 nitrogen and oxygen atoms in total. The molecule has 0 saturated carbocycles. The average molecular weight is 207 g/mol. The first-order valence-electron chi connectivity index (χ1n) is 4.99. The highest BCUT2D eigenvalue weighted by atomic mass is 16.2. The SMILES string of the molecule is CC.CNC(=O)c1ccccc1C(C)=O. The van der Waals surface area contributed by atoms with Gasteiger partial charge >= 0.3 is 0 Å². The fraction of sp³-hybridized carbons (Fsp3) is 0.333. The van der Waals surface area contributed by atoms with E-state index in [4.69, 9.17) is 0 Å². The van der Waals surface area contributed by atoms with Gasteiger partial charge in [0.15, 0.2) is 5.78 Å². The summed E-state index contributed by atoms with van der Waals surface area (Å²) in [6.45, 7) is 5.45. The number of Topliss-reactive ketones (excluding diaryl/α,β-unsaturated/α-hetero) is 1. The maximum atomic E-state index is 11.3. The standard InChI is InChI=1S/C10H11NO2.C2H6/c1-7(12)8-5-3-4-6-9(8)10(13)11-2;1-2/h3-6H,1-2H3,(H,11,13);1-2H3. The van der Waals surface area contributed by atoms with Crippen molar-refractivity contribution in [1.82, 2.24) is 5.32 Å². The molecule has 1 amide bonds. The summed E-state index contributed by atoms with van der Waals surface area (Å²) in [7, 11) is 1.54. The van der Waals surface area contributed by atoms with Crippen molar-refractivity contribution in [3.8, 4) is 0 Å². The van der Waals surface area contributed by atoms with Crippen molar-refractivity contribution in [2.75, 3.05) is 7.05 Å². The first-order valence-corrected chi connectivity index (χ1v) is 4.99. The zero-order chi connectivity index (χ0) is 11.8. The highest BCUT2D eigenvalue weighted by molar-refractivity contribution is 6.07. The van der Waals surface area contributed by atoms with Gasteiger partial charge in [0, 0.05) is 12.6 Å². The Balaban J connectivity index is 0.000000921. The largest absolute Gasteiger partial charge is 0.355 e. The Labute approximate surface area is 90.5 Å². The van der Waals surface area contributed by atoms with Gasteiger partial charge in [0.2, 0.25) is 0 Å². The minimum atomic E-state index is -0.231. The van der Waals surface area contributed by atoms with Crippen LogP contribution >= 0.6 is 0 Å². The highest BCUT2D eigenvalue weighted by Gasteiger charge is 2.11. The van der Waals surface area contributed by atoms with Crippen LogP contribution in [0.4, 0.5) is 0 Å². The van der Waals surface area contributed by atoms with Crippen molar-refractivity contribution in [3.63, 3.8) is 0 Å². The molecule has 0 fully saturated rings. The van der Waals surface area contributed by atoms with Gasteiger partial charge in [0.25, 0.3) is 5.91 Å². The lowest BCUT2D eigenvalue weighted by Gasteiger charge is -2.03. The number of ketones is 1. The number of carbonyl (C=O) groups is 2. The molecule has 0 radical (unpaired) electrons. The third-order valence-corrected chi connectivity index (χ3v) is 1.78. The van der Waals surface area contributed by atoms with Gasteiger partial charge in [0.1, 0.15) is 0 Å². The second-order valence-electron chi connectivity index (χ2n) is 2.68. The highest BCUT2D eigenvalue weighted by Crippen LogP contribution is 2.08. The van der Waals surface area contributed by atoms with Gasteiger partial charge < -0.3 is 5.32 Å². The van der Waals surface area contributed by atoms with Crippen LogP contribution < -0.4 is 5.32 Å². The van der Waals surface area contributed by atoms with Crippen LogP contribution in [0, 0.1) is 0 Å². The summed E-state index contributed by atoms with van der Waals surface area (Å²) in [5, 5.41) is 2.49. The molecule has 0 unspecified atom stereocenters. The third kappa shape index (κ3) is 3.54. The van der Waals surface area contributed by atoms with Crippen molar-refractivity contribution in [3.05, 3.63) is 35.4 Å². The maximum absolute atomic E-state index is 11.3. The van der Waals surface area contributed by atoms with Crippen molar-refractivity contribution in [1.29, 1.82) is 0 Å². The Morgan fingerprint density at radius 1 is 1.07 bits per heavy atom. The number of hydrogen-bond donors (Lipinski definition) is 1. The first-order chi connectivity index (χ1) is 7.16. The second kappa shape index (κ2) is 6.76. The fourth-order valence-corrected chi connectivity index (χ4v) is 1.12. The van der Waals surface area contributed by atoms with E-state index in [1.54, 1.807) is 31.3 Å². The predicted octanol–water partition coefficient (Wildman–Crippen LogP) is 2.28. The van der Waals surface area contributed by atoms with Crippen molar-refractivity contribution in [2.24, 2.45) is 0 Å². The molecular weight excluding hydrogens is 190 g/mol. The molecule has 0 atom stereocenters. The summed E-state index contributed by atoms with van der Waals surface area (Å²) in [5.74, 6) is -0.329. The topological polar surface area (TPSA) is 46.2 Å². The van der Waals surface area contributed by atoms with Gasteiger partial charge in [-0.3, -0.25) is 9.59 Å². The lowest BCUT2D eigenvalue weighted by Crippen LogP contribution is -2.20. The van der Waals surface area contributed by atoms with Crippen LogP contribution in [0.3, 0.4) is 0 Å². The molecule has 0 saturated heterocycles. The van der Waals surface area contributed by atoms with E-state index in [2.05, 4.69) is 5.32 Å². The fourth-order valence-electron chi connectivity index (χ4n) is 1.12. The number of nitrogens with one attached hydrogen (secondary N) is 1. The van der Waals surface area contributed by atoms with E-state index >= 15 is 0 Å². The van der Waals surface area contributed by atoms with Gasteiger partial charge in [-0.1, -0.05) is 32.0 Å². The number of carbonyl (C=O) groups excluding carboxylic acids is 2. The Kier molecular flexibility index (Phi) is 6.02. The predicted molar refractivity (Wildman–Crippen MR) is 61.2 cm³/mol. The number of benzene rings is 1. The van der Waals surface area contributed by atoms with Gasteiger partial charge in [-0.25, -0.2) is 0 Å². The molecule has 0 aliphatic rings. The summed E-state index contributed by atoms with van der Waals surface area (Å²) in [6, 6.07) is 6.75. The lowest BCUT2D eigenvalue weighted by molar-refractivity contribution is 0.0946. The van der Waals surface area contributed by atoms with E-state index in [1.807, 2.05) is 13.8 Å². The van der Waals surface area contributed by atoms with E-state index in [0.29, 0.717) is 11.1 Å². The van der Waals surface area contributed by atoms with Gasteiger partial charge in [-0.2, -0.15) is 0 Å². The normalized spacial score (nSPS) is 8.53. The summed E-state index contributed by atoms with van der Waals surface area (Å²) in [6.07, 6.45) is 0. The quantitative estimate of drug-likeness (QED) is 0.756. The molecule has 1 aromatic carbocycles. The van der Waals surface area contributed by atoms with E-state index in [-0.39, 0.29) is 11.7 Å². The number of hydrogen-bond acceptors (Lipinski definition) is 2. The second-order valence-corrected chi connectivity index (χ2v) is 2.68. The van der Waals surface area contributed by atoms with Gasteiger partial charge in [-0.15, -0.1) is 0 Å². The van der Waals surface area contributed by atoms with E-state index in [9.17, 15) is 9.59 Å². The van der Waals surface area contributed by atoms with Gasteiger partial charge in [-0.05, 0) is 13.0 Å².